The molecule has 3 nitrogen and oxygen atoms in total. The molecule has 4 heteroatoms. The van der Waals surface area contributed by atoms with Gasteiger partial charge in [-0.1, -0.05) is 181 Å². The van der Waals surface area contributed by atoms with E-state index in [0.717, 1.165) is 51.0 Å². The minimum Gasteiger partial charge on any atom is -0.458 e. The molecule has 0 bridgehead atoms. The van der Waals surface area contributed by atoms with Gasteiger partial charge < -0.3 is 14.5 Å². The third-order valence-electron chi connectivity index (χ3n) is 13.6. The van der Waals surface area contributed by atoms with Gasteiger partial charge in [0.05, 0.1) is 5.69 Å². The van der Waals surface area contributed by atoms with E-state index in [1.807, 2.05) is 0 Å². The predicted molar refractivity (Wildman–Crippen MR) is 285 cm³/mol. The largest absolute Gasteiger partial charge is 0.458 e. The summed E-state index contributed by atoms with van der Waals surface area (Å²) in [6.45, 7) is 16.1. The molecular weight excluding hydrogens is 812 g/mol. The second-order valence-corrected chi connectivity index (χ2v) is 20.3. The van der Waals surface area contributed by atoms with Crippen LogP contribution in [0.25, 0.3) is 33.4 Å². The first kappa shape index (κ1) is 42.1. The van der Waals surface area contributed by atoms with E-state index < -0.39 is 0 Å². The number of benzene rings is 9. The van der Waals surface area contributed by atoms with Crippen molar-refractivity contribution in [3.63, 3.8) is 0 Å². The smallest absolute Gasteiger partial charge is 0.256 e. The maximum absolute atomic E-state index is 7.20. The van der Waals surface area contributed by atoms with Crippen LogP contribution in [0.15, 0.2) is 206 Å². The van der Waals surface area contributed by atoms with Crippen molar-refractivity contribution in [2.24, 2.45) is 0 Å². The van der Waals surface area contributed by atoms with Crippen molar-refractivity contribution in [1.82, 2.24) is 0 Å². The molecule has 0 N–H and O–H groups in total. The van der Waals surface area contributed by atoms with Crippen molar-refractivity contribution < 1.29 is 4.74 Å². The Morgan fingerprint density at radius 2 is 0.955 bits per heavy atom. The van der Waals surface area contributed by atoms with Crippen molar-refractivity contribution in [2.45, 2.75) is 59.3 Å². The summed E-state index contributed by atoms with van der Waals surface area (Å²) in [6.07, 6.45) is 0. The highest BCUT2D eigenvalue weighted by Gasteiger charge is 2.43. The van der Waals surface area contributed by atoms with Crippen LogP contribution in [0, 0.1) is 6.92 Å². The summed E-state index contributed by atoms with van der Waals surface area (Å²) in [5, 5.41) is 0. The average molecular weight is 867 g/mol. The van der Waals surface area contributed by atoms with Crippen molar-refractivity contribution in [1.29, 1.82) is 0 Å². The number of hydrogen-bond acceptors (Lipinski definition) is 3. The van der Waals surface area contributed by atoms with Crippen LogP contribution < -0.4 is 30.9 Å². The Kier molecular flexibility index (Phi) is 10.3. The quantitative estimate of drug-likeness (QED) is 0.148. The van der Waals surface area contributed by atoms with Gasteiger partial charge >= 0.3 is 0 Å². The number of para-hydroxylation sites is 2. The van der Waals surface area contributed by atoms with Gasteiger partial charge in [0.1, 0.15) is 11.5 Å². The molecular formula is C63H55BN2O. The summed E-state index contributed by atoms with van der Waals surface area (Å²) in [5.41, 5.74) is 21.2. The summed E-state index contributed by atoms with van der Waals surface area (Å²) in [7, 11) is 0. The van der Waals surface area contributed by atoms with Crippen LogP contribution >= 0.6 is 0 Å². The Balaban J connectivity index is 1.16. The normalized spacial score (nSPS) is 12.8. The summed E-state index contributed by atoms with van der Waals surface area (Å²) in [4.78, 5) is 4.85. The first-order valence-corrected chi connectivity index (χ1v) is 23.6. The van der Waals surface area contributed by atoms with Gasteiger partial charge in [-0.2, -0.15) is 0 Å². The molecule has 0 radical (unpaired) electrons. The molecule has 0 atom stereocenters. The maximum Gasteiger partial charge on any atom is 0.256 e. The summed E-state index contributed by atoms with van der Waals surface area (Å²) in [5.74, 6) is 1.77. The molecule has 9 aromatic rings. The van der Waals surface area contributed by atoms with E-state index in [4.69, 9.17) is 4.74 Å². The minimum absolute atomic E-state index is 0.0103. The van der Waals surface area contributed by atoms with Crippen LogP contribution in [-0.4, -0.2) is 6.71 Å². The van der Waals surface area contributed by atoms with Gasteiger partial charge in [-0.05, 0) is 139 Å². The van der Waals surface area contributed by atoms with Gasteiger partial charge in [-0.3, -0.25) is 0 Å². The van der Waals surface area contributed by atoms with Crippen LogP contribution in [0.1, 0.15) is 58.2 Å². The number of anilines is 6. The van der Waals surface area contributed by atoms with E-state index >= 15 is 0 Å². The molecule has 0 aliphatic carbocycles. The van der Waals surface area contributed by atoms with E-state index in [-0.39, 0.29) is 17.5 Å². The van der Waals surface area contributed by atoms with Gasteiger partial charge in [-0.15, -0.1) is 0 Å². The highest BCUT2D eigenvalue weighted by molar-refractivity contribution is 6.99. The zero-order chi connectivity index (χ0) is 46.0. The third-order valence-corrected chi connectivity index (χ3v) is 13.6. The SMILES string of the molecule is Cc1cc2c3c(c1)N(c1ccc(-c4ccccc4)cc1-c1ccc(C(C)(C)C)c(C(C)(C)C)c1)c1cc(-c4ccccc4)ccc1B3c1ccc(N(c3ccccc3)c3ccccc3)cc1O2. The zero-order valence-corrected chi connectivity index (χ0v) is 39.5. The van der Waals surface area contributed by atoms with Crippen LogP contribution in [-0.2, 0) is 10.8 Å². The number of fused-ring (bicyclic) bond motifs is 4. The molecule has 11 rings (SSSR count). The van der Waals surface area contributed by atoms with Gasteiger partial charge in [0.25, 0.3) is 6.71 Å². The molecule has 0 spiro atoms. The molecule has 2 aliphatic rings. The van der Waals surface area contributed by atoms with Crippen molar-refractivity contribution in [3.8, 4) is 44.9 Å². The number of nitrogens with zero attached hydrogens (tertiary/aromatic N) is 2. The zero-order valence-electron chi connectivity index (χ0n) is 39.5. The molecule has 2 aliphatic heterocycles. The molecule has 9 aromatic carbocycles. The predicted octanol–water partition coefficient (Wildman–Crippen LogP) is 15.5. The van der Waals surface area contributed by atoms with Gasteiger partial charge in [0, 0.05) is 40.1 Å². The fourth-order valence-corrected chi connectivity index (χ4v) is 10.4. The van der Waals surface area contributed by atoms with E-state index in [9.17, 15) is 0 Å². The highest BCUT2D eigenvalue weighted by Crippen LogP contribution is 2.48. The lowest BCUT2D eigenvalue weighted by Crippen LogP contribution is -2.59. The molecule has 67 heavy (non-hydrogen) atoms. The van der Waals surface area contributed by atoms with Gasteiger partial charge in [0.15, 0.2) is 0 Å². The highest BCUT2D eigenvalue weighted by atomic mass is 16.5. The second-order valence-electron chi connectivity index (χ2n) is 20.3. The number of rotatable bonds is 7. The van der Waals surface area contributed by atoms with Crippen LogP contribution in [0.3, 0.4) is 0 Å². The summed E-state index contributed by atoms with van der Waals surface area (Å²) < 4.78 is 7.20. The Morgan fingerprint density at radius 3 is 1.57 bits per heavy atom. The molecule has 2 heterocycles. The fraction of sp³-hybridized carbons (Fsp3) is 0.143. The summed E-state index contributed by atoms with van der Waals surface area (Å²) in [6, 6.07) is 75.5. The molecule has 0 fully saturated rings. The fourth-order valence-electron chi connectivity index (χ4n) is 10.4. The number of hydrogen-bond donors (Lipinski definition) is 0. The molecule has 0 unspecified atom stereocenters. The van der Waals surface area contributed by atoms with Crippen molar-refractivity contribution in [2.75, 3.05) is 9.80 Å². The molecule has 326 valence electrons. The number of ether oxygens (including phenoxy) is 1. The average Bonchev–Trinajstić information content (AvgIpc) is 3.34. The Bertz CT molecular complexity index is 3260. The standard InChI is InChI=1S/C63H55BN2O/c1-42-36-58-61-60(37-42)67-59-41-50(65(48-24-16-10-17-25-48)49-26-18-11-19-27-49)31-34-55(59)64(61)54-33-29-46(44-22-14-9-15-23-44)40-57(54)66(58)56-35-30-45(43-20-12-8-13-21-43)38-51(56)47-28-32-52(62(2,3)4)53(39-47)63(5,6)7/h8-41H,1-7H3. The molecule has 0 amide bonds. The topological polar surface area (TPSA) is 15.7 Å². The van der Waals surface area contributed by atoms with E-state index in [1.54, 1.807) is 0 Å². The lowest BCUT2D eigenvalue weighted by Gasteiger charge is -2.41. The monoisotopic (exact) mass is 866 g/mol. The van der Waals surface area contributed by atoms with Crippen molar-refractivity contribution >= 4 is 57.2 Å². The Hall–Kier alpha value is -7.56. The van der Waals surface area contributed by atoms with E-state index in [0.29, 0.717) is 0 Å². The van der Waals surface area contributed by atoms with Crippen molar-refractivity contribution in [3.05, 3.63) is 223 Å². The van der Waals surface area contributed by atoms with Gasteiger partial charge in [0.2, 0.25) is 0 Å². The van der Waals surface area contributed by atoms with E-state index in [2.05, 4.69) is 265 Å². The summed E-state index contributed by atoms with van der Waals surface area (Å²) >= 11 is 0. The van der Waals surface area contributed by atoms with E-state index in [1.165, 1.54) is 61.1 Å². The second kappa shape index (κ2) is 16.4. The van der Waals surface area contributed by atoms with Crippen LogP contribution in [0.2, 0.25) is 0 Å². The molecule has 0 aromatic heterocycles. The molecule has 0 saturated carbocycles. The minimum atomic E-state index is -0.0647. The number of aryl methyl sites for hydroxylation is 1. The van der Waals surface area contributed by atoms with Crippen LogP contribution in [0.5, 0.6) is 11.5 Å². The lowest BCUT2D eigenvalue weighted by molar-refractivity contribution is 0.487. The van der Waals surface area contributed by atoms with Crippen LogP contribution in [0.4, 0.5) is 34.1 Å². The Labute approximate surface area is 397 Å². The lowest BCUT2D eigenvalue weighted by atomic mass is 9.34. The first-order chi connectivity index (χ1) is 32.4. The third kappa shape index (κ3) is 7.61. The Morgan fingerprint density at radius 1 is 0.403 bits per heavy atom. The molecule has 0 saturated heterocycles. The maximum atomic E-state index is 7.20. The first-order valence-electron chi connectivity index (χ1n) is 23.6. The van der Waals surface area contributed by atoms with Gasteiger partial charge in [-0.25, -0.2) is 0 Å².